The summed E-state index contributed by atoms with van der Waals surface area (Å²) >= 11 is 0. The molecule has 2 heterocycles. The lowest BCUT2D eigenvalue weighted by atomic mass is 9.65. The standard InChI is InChI=1S/C20H32O4/c1-14-13-19(2)15-11-9-7-5-4-6-8-10-12-20(16(15)21,17(14)24-19)18(22)23-3/h14-15,17H,4-13H2,1-3H3/t14-,15+,17-,19+,20-/m1/s1. The smallest absolute Gasteiger partial charge is 0.322 e. The molecular weight excluding hydrogens is 304 g/mol. The summed E-state index contributed by atoms with van der Waals surface area (Å²) < 4.78 is 11.6. The van der Waals surface area contributed by atoms with E-state index >= 15 is 0 Å². The van der Waals surface area contributed by atoms with Gasteiger partial charge in [-0.3, -0.25) is 9.59 Å². The topological polar surface area (TPSA) is 52.6 Å². The van der Waals surface area contributed by atoms with Gasteiger partial charge >= 0.3 is 5.97 Å². The van der Waals surface area contributed by atoms with E-state index in [9.17, 15) is 9.59 Å². The summed E-state index contributed by atoms with van der Waals surface area (Å²) in [7, 11) is 1.41. The lowest BCUT2D eigenvalue weighted by molar-refractivity contribution is -0.199. The van der Waals surface area contributed by atoms with Gasteiger partial charge in [0.05, 0.1) is 18.8 Å². The molecule has 136 valence electrons. The maximum absolute atomic E-state index is 13.6. The first kappa shape index (κ1) is 17.9. The van der Waals surface area contributed by atoms with Crippen LogP contribution in [0.1, 0.15) is 78.1 Å². The predicted molar refractivity (Wildman–Crippen MR) is 91.6 cm³/mol. The summed E-state index contributed by atoms with van der Waals surface area (Å²) in [6.45, 7) is 4.21. The van der Waals surface area contributed by atoms with Crippen molar-refractivity contribution in [3.8, 4) is 0 Å². The van der Waals surface area contributed by atoms with E-state index in [4.69, 9.17) is 9.47 Å². The Kier molecular flexibility index (Phi) is 5.06. The second-order valence-corrected chi connectivity index (χ2v) is 8.43. The molecule has 2 saturated heterocycles. The molecule has 3 fully saturated rings. The number of esters is 1. The van der Waals surface area contributed by atoms with Crippen LogP contribution < -0.4 is 0 Å². The number of ether oxygens (including phenoxy) is 2. The highest BCUT2D eigenvalue weighted by molar-refractivity contribution is 6.07. The third kappa shape index (κ3) is 2.71. The molecule has 2 aliphatic heterocycles. The van der Waals surface area contributed by atoms with Gasteiger partial charge in [-0.2, -0.15) is 0 Å². The van der Waals surface area contributed by atoms with Gasteiger partial charge in [-0.15, -0.1) is 0 Å². The molecule has 0 amide bonds. The van der Waals surface area contributed by atoms with Crippen molar-refractivity contribution in [3.05, 3.63) is 0 Å². The molecule has 3 rings (SSSR count). The van der Waals surface area contributed by atoms with Gasteiger partial charge in [0.2, 0.25) is 0 Å². The average Bonchev–Trinajstić information content (AvgIpc) is 2.83. The number of carbonyl (C=O) groups excluding carboxylic acids is 2. The molecule has 24 heavy (non-hydrogen) atoms. The van der Waals surface area contributed by atoms with E-state index in [2.05, 4.69) is 13.8 Å². The Morgan fingerprint density at radius 2 is 1.75 bits per heavy atom. The molecule has 0 radical (unpaired) electrons. The summed E-state index contributed by atoms with van der Waals surface area (Å²) in [6, 6.07) is 0. The summed E-state index contributed by atoms with van der Waals surface area (Å²) in [5.41, 5.74) is -1.48. The second-order valence-electron chi connectivity index (χ2n) is 8.43. The van der Waals surface area contributed by atoms with E-state index in [0.717, 1.165) is 32.1 Å². The molecule has 0 aromatic carbocycles. The maximum Gasteiger partial charge on any atom is 0.322 e. The van der Waals surface area contributed by atoms with Gasteiger partial charge in [0.25, 0.3) is 0 Å². The highest BCUT2D eigenvalue weighted by Gasteiger charge is 2.68. The lowest BCUT2D eigenvalue weighted by Gasteiger charge is -2.47. The van der Waals surface area contributed by atoms with Crippen molar-refractivity contribution in [2.45, 2.75) is 89.8 Å². The summed E-state index contributed by atoms with van der Waals surface area (Å²) in [6.07, 6.45) is 9.87. The SMILES string of the molecule is COC(=O)[C@]12CCCCCCCCC[C@@H](C1=O)[C@]1(C)C[C@@H](C)[C@H]2O1. The van der Waals surface area contributed by atoms with Crippen LogP contribution in [0.2, 0.25) is 0 Å². The highest BCUT2D eigenvalue weighted by Crippen LogP contribution is 2.56. The van der Waals surface area contributed by atoms with E-state index in [-0.39, 0.29) is 29.7 Å². The monoisotopic (exact) mass is 336 g/mol. The van der Waals surface area contributed by atoms with Crippen molar-refractivity contribution in [2.24, 2.45) is 17.3 Å². The Morgan fingerprint density at radius 3 is 2.42 bits per heavy atom. The van der Waals surface area contributed by atoms with Crippen molar-refractivity contribution >= 4 is 11.8 Å². The molecule has 4 nitrogen and oxygen atoms in total. The molecule has 1 saturated carbocycles. The molecule has 0 spiro atoms. The molecule has 4 bridgehead atoms. The number of Topliss-reactive ketones (excluding diaryl/α,β-unsaturated/α-hetero) is 1. The van der Waals surface area contributed by atoms with Gasteiger partial charge in [-0.1, -0.05) is 51.9 Å². The Bertz CT molecular complexity index is 502. The van der Waals surface area contributed by atoms with Gasteiger partial charge in [-0.05, 0) is 32.1 Å². The Labute approximate surface area is 145 Å². The van der Waals surface area contributed by atoms with E-state index in [1.165, 1.54) is 32.8 Å². The minimum Gasteiger partial charge on any atom is -0.468 e. The van der Waals surface area contributed by atoms with E-state index in [1.54, 1.807) is 0 Å². The van der Waals surface area contributed by atoms with Crippen LogP contribution in [0.25, 0.3) is 0 Å². The van der Waals surface area contributed by atoms with Crippen LogP contribution in [-0.2, 0) is 19.1 Å². The number of ketones is 1. The van der Waals surface area contributed by atoms with Gasteiger partial charge in [0, 0.05) is 5.92 Å². The highest BCUT2D eigenvalue weighted by atomic mass is 16.5. The molecule has 1 aliphatic carbocycles. The van der Waals surface area contributed by atoms with E-state index in [1.807, 2.05) is 0 Å². The van der Waals surface area contributed by atoms with Crippen molar-refractivity contribution < 1.29 is 19.1 Å². The molecule has 5 atom stereocenters. The number of fused-ring (bicyclic) bond motifs is 6. The Balaban J connectivity index is 2.01. The Hall–Kier alpha value is -0.900. The fraction of sp³-hybridized carbons (Fsp3) is 0.900. The minimum absolute atomic E-state index is 0.109. The van der Waals surface area contributed by atoms with Crippen molar-refractivity contribution in [3.63, 3.8) is 0 Å². The fourth-order valence-electron chi connectivity index (χ4n) is 5.58. The largest absolute Gasteiger partial charge is 0.468 e. The first-order valence-electron chi connectivity index (χ1n) is 9.76. The number of rotatable bonds is 1. The van der Waals surface area contributed by atoms with Gasteiger partial charge in [0.15, 0.2) is 11.2 Å². The zero-order chi connectivity index (χ0) is 17.4. The second kappa shape index (κ2) is 6.78. The van der Waals surface area contributed by atoms with Crippen LogP contribution in [0, 0.1) is 17.3 Å². The molecule has 4 heteroatoms. The first-order valence-corrected chi connectivity index (χ1v) is 9.76. The average molecular weight is 336 g/mol. The van der Waals surface area contributed by atoms with Crippen molar-refractivity contribution in [1.29, 1.82) is 0 Å². The summed E-state index contributed by atoms with van der Waals surface area (Å²) in [4.78, 5) is 26.4. The lowest BCUT2D eigenvalue weighted by Crippen LogP contribution is -2.60. The van der Waals surface area contributed by atoms with Crippen LogP contribution in [0.5, 0.6) is 0 Å². The molecular formula is C20H32O4. The van der Waals surface area contributed by atoms with Crippen molar-refractivity contribution in [1.82, 2.24) is 0 Å². The van der Waals surface area contributed by atoms with Gasteiger partial charge < -0.3 is 9.47 Å². The summed E-state index contributed by atoms with van der Waals surface area (Å²) in [5.74, 6) is -0.209. The van der Waals surface area contributed by atoms with Crippen LogP contribution in [0.4, 0.5) is 0 Å². The normalized spacial score (nSPS) is 43.6. The van der Waals surface area contributed by atoms with E-state index < -0.39 is 11.0 Å². The molecule has 0 N–H and O–H groups in total. The fourth-order valence-corrected chi connectivity index (χ4v) is 5.58. The predicted octanol–water partition coefficient (Wildman–Crippen LogP) is 4.05. The van der Waals surface area contributed by atoms with Gasteiger partial charge in [0.1, 0.15) is 0 Å². The number of hydrogen-bond donors (Lipinski definition) is 0. The van der Waals surface area contributed by atoms with Crippen LogP contribution in [0.3, 0.4) is 0 Å². The molecule has 3 aliphatic rings. The van der Waals surface area contributed by atoms with Crippen LogP contribution in [0.15, 0.2) is 0 Å². The van der Waals surface area contributed by atoms with Gasteiger partial charge in [-0.25, -0.2) is 0 Å². The third-order valence-electron chi connectivity index (χ3n) is 6.73. The zero-order valence-electron chi connectivity index (χ0n) is 15.4. The van der Waals surface area contributed by atoms with Crippen molar-refractivity contribution in [2.75, 3.05) is 7.11 Å². The number of hydrogen-bond acceptors (Lipinski definition) is 4. The quantitative estimate of drug-likeness (QED) is 0.535. The van der Waals surface area contributed by atoms with Crippen LogP contribution >= 0.6 is 0 Å². The number of methoxy groups -OCH3 is 1. The van der Waals surface area contributed by atoms with Crippen LogP contribution in [-0.4, -0.2) is 30.6 Å². The maximum atomic E-state index is 13.6. The third-order valence-corrected chi connectivity index (χ3v) is 6.73. The molecule has 0 unspecified atom stereocenters. The molecule has 0 aromatic heterocycles. The van der Waals surface area contributed by atoms with E-state index in [0.29, 0.717) is 6.42 Å². The summed E-state index contributed by atoms with van der Waals surface area (Å²) in [5, 5.41) is 0. The number of carbonyl (C=O) groups is 2. The first-order chi connectivity index (χ1) is 11.5. The minimum atomic E-state index is -1.08. The Morgan fingerprint density at radius 1 is 1.12 bits per heavy atom. The molecule has 0 aromatic rings. The zero-order valence-corrected chi connectivity index (χ0v) is 15.4.